The highest BCUT2D eigenvalue weighted by atomic mass is 16.5. The fourth-order valence-corrected chi connectivity index (χ4v) is 2.04. The van der Waals surface area contributed by atoms with Crippen LogP contribution in [0.5, 0.6) is 0 Å². The van der Waals surface area contributed by atoms with Gasteiger partial charge in [-0.1, -0.05) is 6.92 Å². The second-order valence-electron chi connectivity index (χ2n) is 4.96. The summed E-state index contributed by atoms with van der Waals surface area (Å²) >= 11 is 0. The number of rotatable bonds is 3. The van der Waals surface area contributed by atoms with Crippen molar-refractivity contribution in [2.24, 2.45) is 5.73 Å². The number of morpholine rings is 1. The molecule has 0 aromatic heterocycles. The summed E-state index contributed by atoms with van der Waals surface area (Å²) in [5.41, 5.74) is 6.10. The van der Waals surface area contributed by atoms with Gasteiger partial charge in [0.05, 0.1) is 12.2 Å². The van der Waals surface area contributed by atoms with Crippen LogP contribution in [0.2, 0.25) is 0 Å². The Morgan fingerprint density at radius 1 is 1.36 bits per heavy atom. The second kappa shape index (κ2) is 4.60. The van der Waals surface area contributed by atoms with Gasteiger partial charge in [0.15, 0.2) is 0 Å². The molecule has 0 aliphatic carbocycles. The van der Waals surface area contributed by atoms with Crippen LogP contribution in [0.25, 0.3) is 0 Å². The van der Waals surface area contributed by atoms with E-state index >= 15 is 0 Å². The summed E-state index contributed by atoms with van der Waals surface area (Å²) < 4.78 is 5.68. The molecule has 3 heteroatoms. The van der Waals surface area contributed by atoms with Gasteiger partial charge in [0.25, 0.3) is 0 Å². The molecule has 0 bridgehead atoms. The number of hydrogen-bond acceptors (Lipinski definition) is 3. The van der Waals surface area contributed by atoms with Gasteiger partial charge < -0.3 is 10.5 Å². The summed E-state index contributed by atoms with van der Waals surface area (Å²) in [7, 11) is 0. The van der Waals surface area contributed by atoms with E-state index in [0.29, 0.717) is 12.2 Å². The highest BCUT2D eigenvalue weighted by molar-refractivity contribution is 4.84. The Labute approximate surface area is 87.6 Å². The fourth-order valence-electron chi connectivity index (χ4n) is 2.04. The number of nitrogens with two attached hydrogens (primary N) is 1. The van der Waals surface area contributed by atoms with E-state index in [0.717, 1.165) is 26.1 Å². The van der Waals surface area contributed by atoms with Gasteiger partial charge in [-0.05, 0) is 27.2 Å². The zero-order valence-electron chi connectivity index (χ0n) is 9.92. The summed E-state index contributed by atoms with van der Waals surface area (Å²) in [6.45, 7) is 11.5. The molecule has 84 valence electrons. The maximum atomic E-state index is 6.16. The van der Waals surface area contributed by atoms with Crippen LogP contribution < -0.4 is 5.73 Å². The van der Waals surface area contributed by atoms with Gasteiger partial charge in [-0.25, -0.2) is 0 Å². The first kappa shape index (κ1) is 12.0. The lowest BCUT2D eigenvalue weighted by Gasteiger charge is -2.39. The predicted octanol–water partition coefficient (Wildman–Crippen LogP) is 1.22. The molecule has 1 heterocycles. The molecule has 1 aliphatic rings. The fraction of sp³-hybridized carbons (Fsp3) is 1.00. The molecule has 1 fully saturated rings. The SMILES string of the molecule is CCC(C)(N)CN1C[C@@H](C)O[C@@H](C)C1. The molecule has 2 N–H and O–H groups in total. The Morgan fingerprint density at radius 2 is 1.86 bits per heavy atom. The summed E-state index contributed by atoms with van der Waals surface area (Å²) in [5, 5.41) is 0. The molecule has 1 rings (SSSR count). The lowest BCUT2D eigenvalue weighted by Crippen LogP contribution is -2.53. The molecular weight excluding hydrogens is 176 g/mol. The predicted molar refractivity (Wildman–Crippen MR) is 59.3 cm³/mol. The van der Waals surface area contributed by atoms with E-state index in [4.69, 9.17) is 10.5 Å². The average molecular weight is 200 g/mol. The molecular formula is C11H24N2O. The first-order valence-corrected chi connectivity index (χ1v) is 5.59. The Bertz CT molecular complexity index is 172. The third kappa shape index (κ3) is 3.56. The second-order valence-corrected chi connectivity index (χ2v) is 4.96. The molecule has 0 saturated carbocycles. The molecule has 0 aromatic rings. The maximum Gasteiger partial charge on any atom is 0.0678 e. The van der Waals surface area contributed by atoms with E-state index in [-0.39, 0.29) is 5.54 Å². The standard InChI is InChI=1S/C11H24N2O/c1-5-11(4,12)8-13-6-9(2)14-10(3)7-13/h9-10H,5-8,12H2,1-4H3/t9-,10+,11?. The minimum absolute atomic E-state index is 0.0587. The highest BCUT2D eigenvalue weighted by Crippen LogP contribution is 2.14. The number of ether oxygens (including phenoxy) is 1. The van der Waals surface area contributed by atoms with Crippen LogP contribution in [0.15, 0.2) is 0 Å². The molecule has 0 amide bonds. The molecule has 0 spiro atoms. The van der Waals surface area contributed by atoms with E-state index < -0.39 is 0 Å². The number of nitrogens with zero attached hydrogens (tertiary/aromatic N) is 1. The van der Waals surface area contributed by atoms with E-state index in [9.17, 15) is 0 Å². The normalized spacial score (nSPS) is 34.1. The van der Waals surface area contributed by atoms with Crippen molar-refractivity contribution < 1.29 is 4.74 Å². The van der Waals surface area contributed by atoms with Crippen molar-refractivity contribution in [3.05, 3.63) is 0 Å². The first-order chi connectivity index (χ1) is 6.43. The minimum Gasteiger partial charge on any atom is -0.373 e. The Hall–Kier alpha value is -0.120. The summed E-state index contributed by atoms with van der Waals surface area (Å²) in [6.07, 6.45) is 1.70. The van der Waals surface area contributed by atoms with Crippen LogP contribution >= 0.6 is 0 Å². The molecule has 3 atom stereocenters. The average Bonchev–Trinajstić information content (AvgIpc) is 2.01. The largest absolute Gasteiger partial charge is 0.373 e. The molecule has 1 saturated heterocycles. The van der Waals surface area contributed by atoms with Crippen LogP contribution in [0.4, 0.5) is 0 Å². The Kier molecular flexibility index (Phi) is 3.93. The van der Waals surface area contributed by atoms with Gasteiger partial charge in [0.1, 0.15) is 0 Å². The van der Waals surface area contributed by atoms with Crippen molar-refractivity contribution in [1.29, 1.82) is 0 Å². The van der Waals surface area contributed by atoms with Crippen LogP contribution in [-0.2, 0) is 4.74 Å². The van der Waals surface area contributed by atoms with E-state index in [2.05, 4.69) is 32.6 Å². The lowest BCUT2D eigenvalue weighted by atomic mass is 9.99. The maximum absolute atomic E-state index is 6.16. The molecule has 0 radical (unpaired) electrons. The van der Waals surface area contributed by atoms with E-state index in [1.165, 1.54) is 0 Å². The Morgan fingerprint density at radius 3 is 2.29 bits per heavy atom. The summed E-state index contributed by atoms with van der Waals surface area (Å²) in [6, 6.07) is 0. The minimum atomic E-state index is -0.0587. The monoisotopic (exact) mass is 200 g/mol. The summed E-state index contributed by atoms with van der Waals surface area (Å²) in [5.74, 6) is 0. The molecule has 3 nitrogen and oxygen atoms in total. The third-order valence-electron chi connectivity index (χ3n) is 2.89. The molecule has 1 unspecified atom stereocenters. The summed E-state index contributed by atoms with van der Waals surface area (Å²) in [4.78, 5) is 2.42. The van der Waals surface area contributed by atoms with Crippen LogP contribution in [0, 0.1) is 0 Å². The van der Waals surface area contributed by atoms with Gasteiger partial charge in [-0.2, -0.15) is 0 Å². The Balaban J connectivity index is 2.44. The van der Waals surface area contributed by atoms with Crippen molar-refractivity contribution in [3.63, 3.8) is 0 Å². The van der Waals surface area contributed by atoms with Gasteiger partial charge >= 0.3 is 0 Å². The van der Waals surface area contributed by atoms with Crippen LogP contribution in [0.3, 0.4) is 0 Å². The first-order valence-electron chi connectivity index (χ1n) is 5.59. The van der Waals surface area contributed by atoms with Gasteiger partial charge in [-0.3, -0.25) is 4.90 Å². The van der Waals surface area contributed by atoms with Gasteiger partial charge in [0, 0.05) is 25.2 Å². The van der Waals surface area contributed by atoms with Crippen molar-refractivity contribution in [1.82, 2.24) is 4.90 Å². The topological polar surface area (TPSA) is 38.5 Å². The lowest BCUT2D eigenvalue weighted by molar-refractivity contribution is -0.0722. The van der Waals surface area contributed by atoms with Gasteiger partial charge in [0.2, 0.25) is 0 Å². The zero-order chi connectivity index (χ0) is 10.8. The van der Waals surface area contributed by atoms with E-state index in [1.54, 1.807) is 0 Å². The molecule has 14 heavy (non-hydrogen) atoms. The van der Waals surface area contributed by atoms with Gasteiger partial charge in [-0.15, -0.1) is 0 Å². The zero-order valence-corrected chi connectivity index (χ0v) is 9.92. The van der Waals surface area contributed by atoms with Crippen molar-refractivity contribution in [2.75, 3.05) is 19.6 Å². The van der Waals surface area contributed by atoms with E-state index in [1.807, 2.05) is 0 Å². The third-order valence-corrected chi connectivity index (χ3v) is 2.89. The molecule has 1 aliphatic heterocycles. The highest BCUT2D eigenvalue weighted by Gasteiger charge is 2.26. The van der Waals surface area contributed by atoms with Crippen LogP contribution in [0.1, 0.15) is 34.1 Å². The molecule has 0 aromatic carbocycles. The van der Waals surface area contributed by atoms with Crippen LogP contribution in [-0.4, -0.2) is 42.3 Å². The number of hydrogen-bond donors (Lipinski definition) is 1. The van der Waals surface area contributed by atoms with Crippen molar-refractivity contribution in [3.8, 4) is 0 Å². The smallest absolute Gasteiger partial charge is 0.0678 e. The van der Waals surface area contributed by atoms with Crippen molar-refractivity contribution in [2.45, 2.75) is 51.9 Å². The quantitative estimate of drug-likeness (QED) is 0.744. The van der Waals surface area contributed by atoms with Crippen molar-refractivity contribution >= 4 is 0 Å².